The number of thiophene rings is 1. The van der Waals surface area contributed by atoms with Crippen LogP contribution in [-0.2, 0) is 27.3 Å². The Hall–Kier alpha value is -3.16. The number of carbonyl (C=O) groups excluding carboxylic acids is 2. The van der Waals surface area contributed by atoms with Gasteiger partial charge in [-0.1, -0.05) is 48.0 Å². The summed E-state index contributed by atoms with van der Waals surface area (Å²) in [4.78, 5) is 30.0. The van der Waals surface area contributed by atoms with Gasteiger partial charge in [-0.15, -0.1) is 11.3 Å². The highest BCUT2D eigenvalue weighted by molar-refractivity contribution is 7.10. The summed E-state index contributed by atoms with van der Waals surface area (Å²) in [6, 6.07) is 18.6. The maximum atomic E-state index is 13.7. The molecule has 35 heavy (non-hydrogen) atoms. The van der Waals surface area contributed by atoms with Crippen LogP contribution in [-0.4, -0.2) is 43.1 Å². The maximum Gasteiger partial charge on any atom is 0.247 e. The van der Waals surface area contributed by atoms with Crippen LogP contribution in [0.1, 0.15) is 40.5 Å². The largest absolute Gasteiger partial charge is 0.497 e. The summed E-state index contributed by atoms with van der Waals surface area (Å²) in [5.74, 6) is 0.481. The van der Waals surface area contributed by atoms with E-state index in [2.05, 4.69) is 5.32 Å². The fourth-order valence-corrected chi connectivity index (χ4v) is 4.97. The fourth-order valence-electron chi connectivity index (χ4n) is 4.27. The van der Waals surface area contributed by atoms with Crippen LogP contribution in [0.2, 0.25) is 0 Å². The lowest BCUT2D eigenvalue weighted by atomic mass is 10.0. The van der Waals surface area contributed by atoms with Gasteiger partial charge < -0.3 is 19.7 Å². The molecule has 2 unspecified atom stereocenters. The molecule has 0 saturated carbocycles. The van der Waals surface area contributed by atoms with Crippen LogP contribution in [0.25, 0.3) is 0 Å². The van der Waals surface area contributed by atoms with Gasteiger partial charge in [-0.2, -0.15) is 0 Å². The first kappa shape index (κ1) is 24.9. The van der Waals surface area contributed by atoms with Gasteiger partial charge in [0.15, 0.2) is 0 Å². The predicted molar refractivity (Wildman–Crippen MR) is 137 cm³/mol. The quantitative estimate of drug-likeness (QED) is 0.447. The normalized spacial score (nSPS) is 16.0. The third-order valence-electron chi connectivity index (χ3n) is 6.23. The molecular weight excluding hydrogens is 460 g/mol. The van der Waals surface area contributed by atoms with Crippen LogP contribution >= 0.6 is 11.3 Å². The lowest BCUT2D eigenvalue weighted by Crippen LogP contribution is -2.47. The number of methoxy groups -OCH3 is 1. The van der Waals surface area contributed by atoms with Gasteiger partial charge in [-0.25, -0.2) is 0 Å². The third-order valence-corrected chi connectivity index (χ3v) is 7.11. The number of carbonyl (C=O) groups is 2. The van der Waals surface area contributed by atoms with Crippen LogP contribution in [0.5, 0.6) is 5.75 Å². The smallest absolute Gasteiger partial charge is 0.247 e. The number of hydrogen-bond donors (Lipinski definition) is 1. The SMILES string of the molecule is COc1ccc(CNC(=O)C(c2ccc(C)cc2)N(CC2CCCO2)C(=O)Cc2cccs2)cc1. The molecule has 1 saturated heterocycles. The molecule has 1 aromatic heterocycles. The third kappa shape index (κ3) is 6.71. The van der Waals surface area contributed by atoms with Gasteiger partial charge in [0.05, 0.1) is 19.6 Å². The lowest BCUT2D eigenvalue weighted by Gasteiger charge is -2.33. The van der Waals surface area contributed by atoms with E-state index in [1.807, 2.05) is 73.0 Å². The van der Waals surface area contributed by atoms with E-state index < -0.39 is 6.04 Å². The van der Waals surface area contributed by atoms with Crippen molar-refractivity contribution in [2.45, 2.75) is 44.9 Å². The zero-order chi connectivity index (χ0) is 24.6. The molecule has 1 N–H and O–H groups in total. The van der Waals surface area contributed by atoms with Crippen molar-refractivity contribution in [3.63, 3.8) is 0 Å². The number of amides is 2. The molecule has 0 aliphatic carbocycles. The molecule has 1 aliphatic rings. The van der Waals surface area contributed by atoms with Crippen LogP contribution < -0.4 is 10.1 Å². The van der Waals surface area contributed by atoms with Crippen molar-refractivity contribution in [1.82, 2.24) is 10.2 Å². The minimum absolute atomic E-state index is 0.0652. The molecule has 0 spiro atoms. The average molecular weight is 493 g/mol. The number of benzene rings is 2. The summed E-state index contributed by atoms with van der Waals surface area (Å²) in [6.45, 7) is 3.45. The molecule has 3 aromatic rings. The summed E-state index contributed by atoms with van der Waals surface area (Å²) < 4.78 is 11.1. The van der Waals surface area contributed by atoms with Crippen molar-refractivity contribution >= 4 is 23.2 Å². The van der Waals surface area contributed by atoms with Gasteiger partial charge in [0, 0.05) is 24.6 Å². The van der Waals surface area contributed by atoms with Crippen molar-refractivity contribution < 1.29 is 19.1 Å². The monoisotopic (exact) mass is 492 g/mol. The number of rotatable bonds is 10. The Morgan fingerprint density at radius 1 is 1.14 bits per heavy atom. The second-order valence-electron chi connectivity index (χ2n) is 8.82. The van der Waals surface area contributed by atoms with Crippen molar-refractivity contribution in [3.8, 4) is 5.75 Å². The molecule has 184 valence electrons. The van der Waals surface area contributed by atoms with Gasteiger partial charge in [0.2, 0.25) is 11.8 Å². The number of nitrogens with zero attached hydrogens (tertiary/aromatic N) is 1. The van der Waals surface area contributed by atoms with Crippen molar-refractivity contribution in [3.05, 3.63) is 87.6 Å². The van der Waals surface area contributed by atoms with E-state index in [1.165, 1.54) is 0 Å². The van der Waals surface area contributed by atoms with Gasteiger partial charge in [0.25, 0.3) is 0 Å². The van der Waals surface area contributed by atoms with Gasteiger partial charge in [0.1, 0.15) is 11.8 Å². The molecule has 2 aromatic carbocycles. The van der Waals surface area contributed by atoms with E-state index in [0.29, 0.717) is 19.7 Å². The highest BCUT2D eigenvalue weighted by Gasteiger charge is 2.34. The Balaban J connectivity index is 1.60. The molecule has 2 heterocycles. The molecule has 1 aliphatic heterocycles. The van der Waals surface area contributed by atoms with E-state index in [-0.39, 0.29) is 24.3 Å². The van der Waals surface area contributed by atoms with Crippen LogP contribution in [0, 0.1) is 6.92 Å². The van der Waals surface area contributed by atoms with Gasteiger partial charge >= 0.3 is 0 Å². The second-order valence-corrected chi connectivity index (χ2v) is 9.85. The Labute approximate surface area is 210 Å². The highest BCUT2D eigenvalue weighted by atomic mass is 32.1. The number of hydrogen-bond acceptors (Lipinski definition) is 5. The van der Waals surface area contributed by atoms with Crippen LogP contribution in [0.3, 0.4) is 0 Å². The molecule has 2 atom stereocenters. The zero-order valence-electron chi connectivity index (χ0n) is 20.2. The molecule has 4 rings (SSSR count). The lowest BCUT2D eigenvalue weighted by molar-refractivity contribution is -0.142. The Morgan fingerprint density at radius 2 is 1.91 bits per heavy atom. The Bertz CT molecular complexity index is 1090. The molecule has 0 bridgehead atoms. The van der Waals surface area contributed by atoms with Crippen molar-refractivity contribution in [1.29, 1.82) is 0 Å². The van der Waals surface area contributed by atoms with E-state index in [9.17, 15) is 9.59 Å². The Morgan fingerprint density at radius 3 is 2.54 bits per heavy atom. The topological polar surface area (TPSA) is 67.9 Å². The van der Waals surface area contributed by atoms with E-state index in [0.717, 1.165) is 40.2 Å². The van der Waals surface area contributed by atoms with Crippen LogP contribution in [0.4, 0.5) is 0 Å². The molecule has 1 fully saturated rings. The number of nitrogens with one attached hydrogen (secondary N) is 1. The molecular formula is C28H32N2O4S. The minimum Gasteiger partial charge on any atom is -0.497 e. The van der Waals surface area contributed by atoms with Crippen molar-refractivity contribution in [2.75, 3.05) is 20.3 Å². The summed E-state index contributed by atoms with van der Waals surface area (Å²) in [6.07, 6.45) is 2.05. The molecule has 0 radical (unpaired) electrons. The summed E-state index contributed by atoms with van der Waals surface area (Å²) >= 11 is 1.55. The summed E-state index contributed by atoms with van der Waals surface area (Å²) in [5, 5.41) is 5.02. The van der Waals surface area contributed by atoms with Gasteiger partial charge in [-0.05, 0) is 54.5 Å². The molecule has 7 heteroatoms. The maximum absolute atomic E-state index is 13.7. The number of ether oxygens (including phenoxy) is 2. The molecule has 2 amide bonds. The first-order chi connectivity index (χ1) is 17.0. The summed E-state index contributed by atoms with van der Waals surface area (Å²) in [7, 11) is 1.62. The minimum atomic E-state index is -0.745. The zero-order valence-corrected chi connectivity index (χ0v) is 21.1. The first-order valence-corrected chi connectivity index (χ1v) is 12.8. The first-order valence-electron chi connectivity index (χ1n) is 11.9. The standard InChI is InChI=1S/C28H32N2O4S/c1-20-7-11-22(12-8-20)27(28(32)29-18-21-9-13-23(33-2)14-10-21)30(19-24-5-3-15-34-24)26(31)17-25-6-4-16-35-25/h4,6-14,16,24,27H,3,5,15,17-19H2,1-2H3,(H,29,32). The predicted octanol–water partition coefficient (Wildman–Crippen LogP) is 4.67. The number of aryl methyl sites for hydroxylation is 1. The Kier molecular flexibility index (Phi) is 8.55. The van der Waals surface area contributed by atoms with Crippen molar-refractivity contribution in [2.24, 2.45) is 0 Å². The fraction of sp³-hybridized carbons (Fsp3) is 0.357. The molecule has 6 nitrogen and oxygen atoms in total. The second kappa shape index (κ2) is 12.0. The van der Waals surface area contributed by atoms with E-state index >= 15 is 0 Å². The summed E-state index contributed by atoms with van der Waals surface area (Å²) in [5.41, 5.74) is 2.85. The average Bonchev–Trinajstić information content (AvgIpc) is 3.58. The van der Waals surface area contributed by atoms with E-state index in [4.69, 9.17) is 9.47 Å². The van der Waals surface area contributed by atoms with E-state index in [1.54, 1.807) is 23.3 Å². The highest BCUT2D eigenvalue weighted by Crippen LogP contribution is 2.26. The van der Waals surface area contributed by atoms with Gasteiger partial charge in [-0.3, -0.25) is 9.59 Å². The van der Waals surface area contributed by atoms with Crippen LogP contribution in [0.15, 0.2) is 66.0 Å².